The van der Waals surface area contributed by atoms with Gasteiger partial charge in [0.05, 0.1) is 30.3 Å². The molecule has 1 N–H and O–H groups in total. The third-order valence-corrected chi connectivity index (χ3v) is 4.70. The van der Waals surface area contributed by atoms with Crippen molar-refractivity contribution in [1.29, 1.82) is 0 Å². The van der Waals surface area contributed by atoms with E-state index in [1.807, 2.05) is 0 Å². The van der Waals surface area contributed by atoms with E-state index in [2.05, 4.69) is 36.8 Å². The highest BCUT2D eigenvalue weighted by atomic mass is 79.9. The Morgan fingerprint density at radius 3 is 2.58 bits per heavy atom. The van der Waals surface area contributed by atoms with Gasteiger partial charge in [-0.25, -0.2) is 4.98 Å². The molecular formula is C16H11Br2NO5. The number of fused-ring (bicyclic) bond motifs is 1. The first kappa shape index (κ1) is 16.8. The summed E-state index contributed by atoms with van der Waals surface area (Å²) in [4.78, 5) is 16.5. The maximum atomic E-state index is 12.4. The number of ether oxygens (including phenoxy) is 2. The van der Waals surface area contributed by atoms with Crippen LogP contribution >= 0.6 is 31.9 Å². The third-order valence-electron chi connectivity index (χ3n) is 3.39. The number of hydrogen-bond acceptors (Lipinski definition) is 6. The second-order valence-electron chi connectivity index (χ2n) is 4.80. The van der Waals surface area contributed by atoms with Gasteiger partial charge in [-0.15, -0.1) is 0 Å². The van der Waals surface area contributed by atoms with Crippen molar-refractivity contribution in [2.75, 3.05) is 14.2 Å². The highest BCUT2D eigenvalue weighted by Crippen LogP contribution is 2.40. The van der Waals surface area contributed by atoms with Crippen LogP contribution in [0.2, 0.25) is 0 Å². The van der Waals surface area contributed by atoms with Crippen LogP contribution in [0.1, 0.15) is 0 Å². The lowest BCUT2D eigenvalue weighted by Crippen LogP contribution is -2.02. The Bertz CT molecular complexity index is 1000. The molecule has 0 aliphatic carbocycles. The highest BCUT2D eigenvalue weighted by Gasteiger charge is 2.17. The predicted octanol–water partition coefficient (Wildman–Crippen LogP) is 4.10. The molecule has 2 aromatic heterocycles. The molecule has 1 aromatic carbocycles. The summed E-state index contributed by atoms with van der Waals surface area (Å²) in [5, 5.41) is 10.0. The van der Waals surface area contributed by atoms with Crippen LogP contribution in [-0.2, 0) is 0 Å². The minimum Gasteiger partial charge on any atom is -0.503 e. The molecule has 0 unspecified atom stereocenters. The van der Waals surface area contributed by atoms with Gasteiger partial charge >= 0.3 is 0 Å². The summed E-state index contributed by atoms with van der Waals surface area (Å²) in [5.74, 6) is 0.890. The lowest BCUT2D eigenvalue weighted by molar-refractivity contribution is 0.372. The Hall–Kier alpha value is -2.06. The zero-order valence-electron chi connectivity index (χ0n) is 12.6. The molecule has 6 nitrogen and oxygen atoms in total. The molecule has 0 aliphatic rings. The van der Waals surface area contributed by atoms with Gasteiger partial charge in [-0.2, -0.15) is 0 Å². The molecule has 24 heavy (non-hydrogen) atoms. The number of benzene rings is 1. The lowest BCUT2D eigenvalue weighted by Gasteiger charge is -2.10. The van der Waals surface area contributed by atoms with Crippen LogP contribution in [0.3, 0.4) is 0 Å². The van der Waals surface area contributed by atoms with E-state index in [4.69, 9.17) is 13.9 Å². The predicted molar refractivity (Wildman–Crippen MR) is 95.9 cm³/mol. The summed E-state index contributed by atoms with van der Waals surface area (Å²) in [6.07, 6.45) is 1.23. The summed E-state index contributed by atoms with van der Waals surface area (Å²) in [6, 6.07) is 4.47. The van der Waals surface area contributed by atoms with Gasteiger partial charge in [0.15, 0.2) is 34.0 Å². The first-order valence-corrected chi connectivity index (χ1v) is 8.28. The third kappa shape index (κ3) is 2.76. The summed E-state index contributed by atoms with van der Waals surface area (Å²) in [5.41, 5.74) is 0.466. The zero-order chi connectivity index (χ0) is 17.4. The molecule has 0 fully saturated rings. The summed E-state index contributed by atoms with van der Waals surface area (Å²) in [7, 11) is 2.94. The fourth-order valence-corrected chi connectivity index (χ4v) is 3.77. The van der Waals surface area contributed by atoms with Crippen molar-refractivity contribution in [3.05, 3.63) is 43.6 Å². The number of nitrogens with zero attached hydrogens (tertiary/aromatic N) is 1. The van der Waals surface area contributed by atoms with E-state index in [1.54, 1.807) is 6.07 Å². The van der Waals surface area contributed by atoms with Crippen molar-refractivity contribution in [1.82, 2.24) is 4.98 Å². The van der Waals surface area contributed by atoms with E-state index in [0.717, 1.165) is 0 Å². The fourth-order valence-electron chi connectivity index (χ4n) is 2.24. The second-order valence-corrected chi connectivity index (χ2v) is 6.45. The topological polar surface area (TPSA) is 81.8 Å². The lowest BCUT2D eigenvalue weighted by atomic mass is 10.2. The van der Waals surface area contributed by atoms with Gasteiger partial charge in [0.1, 0.15) is 10.2 Å². The minimum atomic E-state index is -0.232. The average molecular weight is 457 g/mol. The van der Waals surface area contributed by atoms with Gasteiger partial charge in [0.2, 0.25) is 0 Å². The number of halogens is 2. The Kier molecular flexibility index (Phi) is 4.51. The van der Waals surface area contributed by atoms with E-state index in [9.17, 15) is 9.90 Å². The van der Waals surface area contributed by atoms with Gasteiger partial charge < -0.3 is 19.0 Å². The monoisotopic (exact) mass is 455 g/mol. The molecule has 0 saturated carbocycles. The van der Waals surface area contributed by atoms with Crippen molar-refractivity contribution in [2.24, 2.45) is 0 Å². The van der Waals surface area contributed by atoms with Crippen molar-refractivity contribution in [3.63, 3.8) is 0 Å². The standard InChI is InChI=1S/C16H11Br2NO5/c1-22-13-4-9(19-6-11(13)21)12-5-10(20)7-3-8(17)16(23-2)14(18)15(7)24-12/h3-6,21H,1-2H3. The maximum absolute atomic E-state index is 12.4. The van der Waals surface area contributed by atoms with Crippen molar-refractivity contribution in [3.8, 4) is 28.7 Å². The first-order chi connectivity index (χ1) is 11.5. The molecule has 0 amide bonds. The summed E-state index contributed by atoms with van der Waals surface area (Å²) in [6.45, 7) is 0. The van der Waals surface area contributed by atoms with E-state index >= 15 is 0 Å². The molecule has 124 valence electrons. The zero-order valence-corrected chi connectivity index (χ0v) is 15.8. The normalized spacial score (nSPS) is 10.8. The van der Waals surface area contributed by atoms with Crippen LogP contribution in [-0.4, -0.2) is 24.3 Å². The number of methoxy groups -OCH3 is 2. The highest BCUT2D eigenvalue weighted by molar-refractivity contribution is 9.11. The molecule has 0 spiro atoms. The molecule has 0 bridgehead atoms. The quantitative estimate of drug-likeness (QED) is 0.638. The largest absolute Gasteiger partial charge is 0.503 e. The van der Waals surface area contributed by atoms with Crippen LogP contribution in [0.5, 0.6) is 17.2 Å². The van der Waals surface area contributed by atoms with Crippen LogP contribution in [0, 0.1) is 0 Å². The summed E-state index contributed by atoms with van der Waals surface area (Å²) >= 11 is 6.76. The van der Waals surface area contributed by atoms with Gasteiger partial charge in [-0.3, -0.25) is 4.79 Å². The number of pyridine rings is 1. The van der Waals surface area contributed by atoms with Crippen molar-refractivity contribution >= 4 is 42.8 Å². The van der Waals surface area contributed by atoms with Crippen molar-refractivity contribution in [2.45, 2.75) is 0 Å². The molecular weight excluding hydrogens is 446 g/mol. The minimum absolute atomic E-state index is 0.101. The van der Waals surface area contributed by atoms with Crippen LogP contribution in [0.25, 0.3) is 22.4 Å². The molecule has 8 heteroatoms. The van der Waals surface area contributed by atoms with E-state index in [0.29, 0.717) is 31.4 Å². The number of aromatic hydroxyl groups is 1. The SMILES string of the molecule is COc1cc(-c2cc(=O)c3cc(Br)c(OC)c(Br)c3o2)ncc1O. The second kappa shape index (κ2) is 6.45. The molecule has 3 rings (SSSR count). The molecule has 0 atom stereocenters. The van der Waals surface area contributed by atoms with Gasteiger partial charge in [0, 0.05) is 12.1 Å². The van der Waals surface area contributed by atoms with E-state index in [-0.39, 0.29) is 22.7 Å². The molecule has 0 saturated heterocycles. The van der Waals surface area contributed by atoms with E-state index < -0.39 is 0 Å². The fraction of sp³-hybridized carbons (Fsp3) is 0.125. The van der Waals surface area contributed by atoms with Crippen molar-refractivity contribution < 1.29 is 19.0 Å². The van der Waals surface area contributed by atoms with E-state index in [1.165, 1.54) is 32.5 Å². The van der Waals surface area contributed by atoms with Crippen LogP contribution in [0.4, 0.5) is 0 Å². The molecule has 0 radical (unpaired) electrons. The Morgan fingerprint density at radius 1 is 1.17 bits per heavy atom. The first-order valence-electron chi connectivity index (χ1n) is 6.69. The Labute approximate surface area is 153 Å². The Balaban J connectivity index is 2.30. The van der Waals surface area contributed by atoms with Gasteiger partial charge in [0.25, 0.3) is 0 Å². The molecule has 0 aliphatic heterocycles. The van der Waals surface area contributed by atoms with Gasteiger partial charge in [-0.05, 0) is 37.9 Å². The molecule has 3 aromatic rings. The Morgan fingerprint density at radius 2 is 1.92 bits per heavy atom. The number of aromatic nitrogens is 1. The molecule has 2 heterocycles. The smallest absolute Gasteiger partial charge is 0.193 e. The summed E-state index contributed by atoms with van der Waals surface area (Å²) < 4.78 is 17.3. The van der Waals surface area contributed by atoms with Crippen LogP contribution < -0.4 is 14.9 Å². The average Bonchev–Trinajstić information content (AvgIpc) is 2.56. The number of rotatable bonds is 3. The number of hydrogen-bond donors (Lipinski definition) is 1. The van der Waals surface area contributed by atoms with Crippen LogP contribution in [0.15, 0.2) is 42.6 Å². The maximum Gasteiger partial charge on any atom is 0.193 e. The van der Waals surface area contributed by atoms with Gasteiger partial charge in [-0.1, -0.05) is 0 Å².